The van der Waals surface area contributed by atoms with Gasteiger partial charge in [-0.3, -0.25) is 4.79 Å². The van der Waals surface area contributed by atoms with Crippen LogP contribution >= 0.6 is 0 Å². The molecule has 0 unspecified atom stereocenters. The largest absolute Gasteiger partial charge is 0.349 e. The van der Waals surface area contributed by atoms with Crippen molar-refractivity contribution >= 4 is 5.91 Å². The Morgan fingerprint density at radius 3 is 2.45 bits per heavy atom. The summed E-state index contributed by atoms with van der Waals surface area (Å²) in [6.45, 7) is 1.94. The molecule has 0 N–H and O–H groups in total. The molecule has 0 aromatic carbocycles. The van der Waals surface area contributed by atoms with Crippen molar-refractivity contribution in [1.29, 1.82) is 0 Å². The van der Waals surface area contributed by atoms with Gasteiger partial charge in [-0.05, 0) is 6.92 Å². The zero-order chi connectivity index (χ0) is 8.69. The highest BCUT2D eigenvalue weighted by Gasteiger charge is 1.97. The van der Waals surface area contributed by atoms with E-state index in [-0.39, 0.29) is 5.91 Å². The van der Waals surface area contributed by atoms with E-state index >= 15 is 0 Å². The van der Waals surface area contributed by atoms with Crippen molar-refractivity contribution in [3.05, 3.63) is 24.3 Å². The smallest absolute Gasteiger partial charge is 0.225 e. The maximum atomic E-state index is 11.0. The molecule has 2 nitrogen and oxygen atoms in total. The normalized spacial score (nSPS) is 11.2. The third-order valence-corrected chi connectivity index (χ3v) is 1.23. The van der Waals surface area contributed by atoms with Crippen molar-refractivity contribution in [1.82, 2.24) is 4.90 Å². The van der Waals surface area contributed by atoms with Crippen molar-refractivity contribution in [2.24, 2.45) is 0 Å². The van der Waals surface area contributed by atoms with Crippen LogP contribution in [0.1, 0.15) is 13.3 Å². The van der Waals surface area contributed by atoms with Crippen molar-refractivity contribution in [2.75, 3.05) is 14.1 Å². The lowest BCUT2D eigenvalue weighted by atomic mass is 10.3. The molecule has 0 aromatic rings. The standard InChI is InChI=1S/C9H15NO/c1-4-5-6-7-8-9(11)10(2)3/h4-7H,8H2,1-3H3. The number of carbonyl (C=O) groups is 1. The molecule has 2 heteroatoms. The summed E-state index contributed by atoms with van der Waals surface area (Å²) in [5, 5.41) is 0. The number of amides is 1. The van der Waals surface area contributed by atoms with Gasteiger partial charge in [0.1, 0.15) is 0 Å². The Kier molecular flexibility index (Phi) is 5.17. The first-order valence-electron chi connectivity index (χ1n) is 3.66. The number of hydrogen-bond acceptors (Lipinski definition) is 1. The minimum absolute atomic E-state index is 0.130. The molecule has 0 fully saturated rings. The number of nitrogens with zero attached hydrogens (tertiary/aromatic N) is 1. The van der Waals surface area contributed by atoms with Crippen LogP contribution in [-0.2, 0) is 4.79 Å². The fourth-order valence-corrected chi connectivity index (χ4v) is 0.541. The molecular formula is C9H15NO. The SMILES string of the molecule is CC=CC=CCC(=O)N(C)C. The number of allylic oxidation sites excluding steroid dienone is 3. The van der Waals surface area contributed by atoms with Gasteiger partial charge in [-0.25, -0.2) is 0 Å². The Morgan fingerprint density at radius 2 is 2.00 bits per heavy atom. The fourth-order valence-electron chi connectivity index (χ4n) is 0.541. The average Bonchev–Trinajstić information content (AvgIpc) is 1.97. The molecule has 0 bridgehead atoms. The van der Waals surface area contributed by atoms with Crippen molar-refractivity contribution in [3.8, 4) is 0 Å². The lowest BCUT2D eigenvalue weighted by Gasteiger charge is -2.06. The Bertz CT molecular complexity index is 168. The zero-order valence-electron chi connectivity index (χ0n) is 7.37. The Morgan fingerprint density at radius 1 is 1.36 bits per heavy atom. The number of carbonyl (C=O) groups excluding carboxylic acids is 1. The highest BCUT2D eigenvalue weighted by atomic mass is 16.2. The van der Waals surface area contributed by atoms with E-state index in [1.165, 1.54) is 0 Å². The molecule has 0 aromatic heterocycles. The third-order valence-electron chi connectivity index (χ3n) is 1.23. The van der Waals surface area contributed by atoms with E-state index in [0.29, 0.717) is 6.42 Å². The van der Waals surface area contributed by atoms with Crippen LogP contribution in [0.2, 0.25) is 0 Å². The molecule has 62 valence electrons. The van der Waals surface area contributed by atoms with E-state index in [4.69, 9.17) is 0 Å². The lowest BCUT2D eigenvalue weighted by molar-refractivity contribution is -0.127. The molecule has 0 atom stereocenters. The number of rotatable bonds is 3. The second-order valence-corrected chi connectivity index (χ2v) is 2.45. The highest BCUT2D eigenvalue weighted by molar-refractivity contribution is 5.77. The topological polar surface area (TPSA) is 20.3 Å². The zero-order valence-corrected chi connectivity index (χ0v) is 7.37. The first kappa shape index (κ1) is 9.95. The maximum Gasteiger partial charge on any atom is 0.225 e. The predicted molar refractivity (Wildman–Crippen MR) is 47.3 cm³/mol. The average molecular weight is 153 g/mol. The first-order chi connectivity index (χ1) is 5.18. The Balaban J connectivity index is 3.62. The summed E-state index contributed by atoms with van der Waals surface area (Å²) >= 11 is 0. The van der Waals surface area contributed by atoms with Gasteiger partial charge in [0.2, 0.25) is 5.91 Å². The molecule has 0 aliphatic carbocycles. The quantitative estimate of drug-likeness (QED) is 0.564. The predicted octanol–water partition coefficient (Wildman–Crippen LogP) is 1.60. The molecule has 0 saturated heterocycles. The molecular weight excluding hydrogens is 138 g/mol. The van der Waals surface area contributed by atoms with Gasteiger partial charge in [-0.2, -0.15) is 0 Å². The minimum atomic E-state index is 0.130. The Labute approximate surface area is 68.2 Å². The van der Waals surface area contributed by atoms with Gasteiger partial charge in [-0.15, -0.1) is 0 Å². The molecule has 0 radical (unpaired) electrons. The monoisotopic (exact) mass is 153 g/mol. The van der Waals surface area contributed by atoms with Gasteiger partial charge in [-0.1, -0.05) is 24.3 Å². The second kappa shape index (κ2) is 5.71. The molecule has 0 saturated carbocycles. The number of hydrogen-bond donors (Lipinski definition) is 0. The van der Waals surface area contributed by atoms with Crippen LogP contribution in [0.3, 0.4) is 0 Å². The van der Waals surface area contributed by atoms with Gasteiger partial charge >= 0.3 is 0 Å². The third kappa shape index (κ3) is 5.40. The van der Waals surface area contributed by atoms with Gasteiger partial charge in [0.05, 0.1) is 0 Å². The van der Waals surface area contributed by atoms with Gasteiger partial charge in [0.25, 0.3) is 0 Å². The van der Waals surface area contributed by atoms with Crippen LogP contribution in [0.25, 0.3) is 0 Å². The van der Waals surface area contributed by atoms with Crippen molar-refractivity contribution < 1.29 is 4.79 Å². The summed E-state index contributed by atoms with van der Waals surface area (Å²) in [6, 6.07) is 0. The first-order valence-corrected chi connectivity index (χ1v) is 3.66. The van der Waals surface area contributed by atoms with Crippen molar-refractivity contribution in [2.45, 2.75) is 13.3 Å². The summed E-state index contributed by atoms with van der Waals surface area (Å²) < 4.78 is 0. The summed E-state index contributed by atoms with van der Waals surface area (Å²) in [5.74, 6) is 0.130. The van der Waals surface area contributed by atoms with E-state index in [1.807, 2.05) is 31.2 Å². The van der Waals surface area contributed by atoms with Gasteiger partial charge in [0, 0.05) is 20.5 Å². The molecule has 0 aliphatic heterocycles. The van der Waals surface area contributed by atoms with E-state index in [2.05, 4.69) is 0 Å². The summed E-state index contributed by atoms with van der Waals surface area (Å²) in [5.41, 5.74) is 0. The molecule has 11 heavy (non-hydrogen) atoms. The Hall–Kier alpha value is -1.05. The summed E-state index contributed by atoms with van der Waals surface area (Å²) in [7, 11) is 3.51. The van der Waals surface area contributed by atoms with Crippen LogP contribution in [0.15, 0.2) is 24.3 Å². The fraction of sp³-hybridized carbons (Fsp3) is 0.444. The minimum Gasteiger partial charge on any atom is -0.349 e. The van der Waals surface area contributed by atoms with Gasteiger partial charge < -0.3 is 4.90 Å². The summed E-state index contributed by atoms with van der Waals surface area (Å²) in [4.78, 5) is 12.5. The summed E-state index contributed by atoms with van der Waals surface area (Å²) in [6.07, 6.45) is 8.04. The molecule has 1 amide bonds. The molecule has 0 heterocycles. The molecule has 0 spiro atoms. The van der Waals surface area contributed by atoms with E-state index < -0.39 is 0 Å². The lowest BCUT2D eigenvalue weighted by Crippen LogP contribution is -2.20. The maximum absolute atomic E-state index is 11.0. The second-order valence-electron chi connectivity index (χ2n) is 2.45. The van der Waals surface area contributed by atoms with Crippen LogP contribution in [0.5, 0.6) is 0 Å². The van der Waals surface area contributed by atoms with Crippen LogP contribution in [0.4, 0.5) is 0 Å². The molecule has 0 rings (SSSR count). The van der Waals surface area contributed by atoms with Gasteiger partial charge in [0.15, 0.2) is 0 Å². The van der Waals surface area contributed by atoms with E-state index in [0.717, 1.165) is 0 Å². The van der Waals surface area contributed by atoms with Crippen LogP contribution in [-0.4, -0.2) is 24.9 Å². The van der Waals surface area contributed by atoms with E-state index in [1.54, 1.807) is 19.0 Å². The highest BCUT2D eigenvalue weighted by Crippen LogP contribution is 1.89. The van der Waals surface area contributed by atoms with E-state index in [9.17, 15) is 4.79 Å². The van der Waals surface area contributed by atoms with Crippen LogP contribution in [0, 0.1) is 0 Å². The van der Waals surface area contributed by atoms with Crippen molar-refractivity contribution in [3.63, 3.8) is 0 Å². The van der Waals surface area contributed by atoms with Crippen LogP contribution < -0.4 is 0 Å². The molecule has 0 aliphatic rings.